The molecule has 0 spiro atoms. The third-order valence-corrected chi connectivity index (χ3v) is 12.2. The Morgan fingerprint density at radius 1 is 1.11 bits per heavy atom. The van der Waals surface area contributed by atoms with E-state index in [2.05, 4.69) is 4.90 Å². The molecular weight excluding hydrogens is 551 g/mol. The molecule has 2 fully saturated rings. The van der Waals surface area contributed by atoms with Crippen LogP contribution in [0.4, 0.5) is 18.9 Å². The zero-order valence-corrected chi connectivity index (χ0v) is 23.0. The average Bonchev–Trinajstić information content (AvgIpc) is 3.36. The molecule has 14 heteroatoms. The first-order chi connectivity index (χ1) is 17.1. The Kier molecular flexibility index (Phi) is 7.97. The van der Waals surface area contributed by atoms with Crippen molar-refractivity contribution in [2.75, 3.05) is 49.1 Å². The Hall–Kier alpha value is -1.39. The van der Waals surface area contributed by atoms with Gasteiger partial charge in [0.15, 0.2) is 5.60 Å². The van der Waals surface area contributed by atoms with Crippen molar-refractivity contribution >= 4 is 37.6 Å². The number of anilines is 1. The van der Waals surface area contributed by atoms with Crippen LogP contribution in [0.3, 0.4) is 0 Å². The largest absolute Gasteiger partial charge is 0.421 e. The van der Waals surface area contributed by atoms with Gasteiger partial charge in [-0.25, -0.2) is 8.42 Å². The molecule has 0 radical (unpaired) electrons. The van der Waals surface area contributed by atoms with Crippen LogP contribution in [0.2, 0.25) is 0 Å². The van der Waals surface area contributed by atoms with Crippen molar-refractivity contribution < 1.29 is 35.8 Å². The van der Waals surface area contributed by atoms with E-state index in [1.807, 2.05) is 11.8 Å². The molecule has 0 aliphatic carbocycles. The summed E-state index contributed by atoms with van der Waals surface area (Å²) in [5.74, 6) is 0.473. The lowest BCUT2D eigenvalue weighted by molar-refractivity contribution is -0.258. The summed E-state index contributed by atoms with van der Waals surface area (Å²) in [4.78, 5) is 4.07. The highest BCUT2D eigenvalue weighted by Gasteiger charge is 2.51. The number of rotatable bonds is 6. The summed E-state index contributed by atoms with van der Waals surface area (Å²) in [5, 5.41) is 11.7. The number of halogens is 3. The standard InChI is InChI=1S/C23H32F3N3O5S3/c1-17-16-36(31,32)13-11-27(17)14-20-15-28(37(33,34)21-4-3-12-35-21)9-10-29(20)19-7-5-18(6-8-19)22(2,30)23(24,25)26/h3-8,12,17,20,30-32H,9-11,13-16H2,1-2H3/t17?,20-,22?/m0/s1. The van der Waals surface area contributed by atoms with Crippen LogP contribution in [0, 0.1) is 0 Å². The summed E-state index contributed by atoms with van der Waals surface area (Å²) >= 11 is 1.14. The number of hydrogen-bond donors (Lipinski definition) is 3. The van der Waals surface area contributed by atoms with Gasteiger partial charge in [-0.3, -0.25) is 14.0 Å². The molecule has 3 N–H and O–H groups in total. The number of benzene rings is 1. The number of aliphatic hydroxyl groups is 1. The number of thiophene rings is 1. The fourth-order valence-corrected chi connectivity index (χ4v) is 9.11. The zero-order valence-electron chi connectivity index (χ0n) is 20.5. The highest BCUT2D eigenvalue weighted by molar-refractivity contribution is 8.24. The Bertz CT molecular complexity index is 1170. The maximum absolute atomic E-state index is 13.3. The van der Waals surface area contributed by atoms with E-state index >= 15 is 0 Å². The Morgan fingerprint density at radius 2 is 1.78 bits per heavy atom. The van der Waals surface area contributed by atoms with Crippen molar-refractivity contribution in [3.63, 3.8) is 0 Å². The molecular formula is C23H32F3N3O5S3. The summed E-state index contributed by atoms with van der Waals surface area (Å²) < 4.78 is 88.3. The van der Waals surface area contributed by atoms with Crippen LogP contribution in [-0.2, 0) is 15.6 Å². The molecule has 2 aliphatic heterocycles. The second kappa shape index (κ2) is 10.3. The maximum atomic E-state index is 13.3. The van der Waals surface area contributed by atoms with Gasteiger partial charge in [0.25, 0.3) is 10.0 Å². The van der Waals surface area contributed by atoms with Crippen LogP contribution in [0.5, 0.6) is 0 Å². The minimum Gasteiger partial charge on any atom is -0.376 e. The van der Waals surface area contributed by atoms with Crippen molar-refractivity contribution in [1.82, 2.24) is 9.21 Å². The number of hydrogen-bond acceptors (Lipinski definition) is 8. The van der Waals surface area contributed by atoms with Gasteiger partial charge in [0.1, 0.15) is 4.21 Å². The molecule has 8 nitrogen and oxygen atoms in total. The second-order valence-corrected chi connectivity index (χ2v) is 15.2. The smallest absolute Gasteiger partial charge is 0.376 e. The molecule has 0 bridgehead atoms. The predicted octanol–water partition coefficient (Wildman–Crippen LogP) is 3.85. The molecule has 208 valence electrons. The first kappa shape index (κ1) is 28.6. The van der Waals surface area contributed by atoms with E-state index in [0.717, 1.165) is 11.3 Å². The highest BCUT2D eigenvalue weighted by atomic mass is 32.3. The Labute approximate surface area is 220 Å². The molecule has 2 aromatic rings. The van der Waals surface area contributed by atoms with Crippen molar-refractivity contribution in [1.29, 1.82) is 0 Å². The fraction of sp³-hybridized carbons (Fsp3) is 0.565. The molecule has 2 unspecified atom stereocenters. The van der Waals surface area contributed by atoms with Gasteiger partial charge in [-0.1, -0.05) is 18.2 Å². The van der Waals surface area contributed by atoms with Crippen LogP contribution in [-0.4, -0.2) is 94.3 Å². The van der Waals surface area contributed by atoms with Crippen LogP contribution in [0.1, 0.15) is 19.4 Å². The summed E-state index contributed by atoms with van der Waals surface area (Å²) in [7, 11) is -6.34. The lowest BCUT2D eigenvalue weighted by Gasteiger charge is -2.49. The van der Waals surface area contributed by atoms with Crippen molar-refractivity contribution in [2.45, 2.75) is 41.9 Å². The van der Waals surface area contributed by atoms with Crippen molar-refractivity contribution in [3.8, 4) is 0 Å². The molecule has 1 aromatic heterocycles. The lowest BCUT2D eigenvalue weighted by atomic mass is 9.95. The SMILES string of the molecule is CC1CS(O)(O)CCN1C[C@H]1CN(S(=O)(=O)c2cccs2)CCN1c1ccc(C(C)(O)C(F)(F)F)cc1. The number of piperazine rings is 1. The van der Waals surface area contributed by atoms with Gasteiger partial charge in [0.05, 0.1) is 17.5 Å². The van der Waals surface area contributed by atoms with Gasteiger partial charge in [0.2, 0.25) is 0 Å². The average molecular weight is 584 g/mol. The summed E-state index contributed by atoms with van der Waals surface area (Å²) in [5.41, 5.74) is -2.66. The molecule has 0 amide bonds. The predicted molar refractivity (Wildman–Crippen MR) is 140 cm³/mol. The van der Waals surface area contributed by atoms with Crippen molar-refractivity contribution in [3.05, 3.63) is 47.3 Å². The summed E-state index contributed by atoms with van der Waals surface area (Å²) in [6.45, 7) is 4.18. The van der Waals surface area contributed by atoms with E-state index in [1.165, 1.54) is 28.6 Å². The van der Waals surface area contributed by atoms with Gasteiger partial charge in [-0.2, -0.15) is 28.1 Å². The number of nitrogens with zero attached hydrogens (tertiary/aromatic N) is 3. The molecule has 2 aliphatic rings. The van der Waals surface area contributed by atoms with Crippen LogP contribution < -0.4 is 4.90 Å². The molecule has 1 aromatic carbocycles. The van der Waals surface area contributed by atoms with Crippen LogP contribution in [0.15, 0.2) is 46.0 Å². The number of alkyl halides is 3. The monoisotopic (exact) mass is 583 g/mol. The van der Waals surface area contributed by atoms with E-state index < -0.39 is 32.4 Å². The van der Waals surface area contributed by atoms with Crippen LogP contribution in [0.25, 0.3) is 0 Å². The first-order valence-corrected chi connectivity index (χ1v) is 16.0. The van der Waals surface area contributed by atoms with Crippen LogP contribution >= 0.6 is 21.9 Å². The first-order valence-electron chi connectivity index (χ1n) is 11.8. The Morgan fingerprint density at radius 3 is 2.35 bits per heavy atom. The highest BCUT2D eigenvalue weighted by Crippen LogP contribution is 2.43. The number of sulfonamides is 1. The van der Waals surface area contributed by atoms with Gasteiger partial charge < -0.3 is 10.0 Å². The quantitative estimate of drug-likeness (QED) is 0.475. The topological polar surface area (TPSA) is 105 Å². The van der Waals surface area contributed by atoms with E-state index in [1.54, 1.807) is 17.5 Å². The molecule has 0 saturated carbocycles. The maximum Gasteiger partial charge on any atom is 0.421 e. The molecule has 3 atom stereocenters. The Balaban J connectivity index is 1.60. The second-order valence-electron chi connectivity index (χ2n) is 9.78. The zero-order chi connectivity index (χ0) is 27.2. The van der Waals surface area contributed by atoms with E-state index in [0.29, 0.717) is 32.2 Å². The fourth-order valence-electron chi connectivity index (χ4n) is 4.82. The van der Waals surface area contributed by atoms with E-state index in [9.17, 15) is 35.8 Å². The van der Waals surface area contributed by atoms with Gasteiger partial charge in [-0.15, -0.1) is 11.3 Å². The lowest BCUT2D eigenvalue weighted by Crippen LogP contribution is -2.60. The molecule has 37 heavy (non-hydrogen) atoms. The van der Waals surface area contributed by atoms with Gasteiger partial charge in [0, 0.05) is 44.5 Å². The molecule has 4 rings (SSSR count). The minimum atomic E-state index is -4.83. The molecule has 2 saturated heterocycles. The minimum absolute atomic E-state index is 0.130. The summed E-state index contributed by atoms with van der Waals surface area (Å²) in [6.07, 6.45) is -4.83. The third-order valence-electron chi connectivity index (χ3n) is 7.13. The summed E-state index contributed by atoms with van der Waals surface area (Å²) in [6, 6.07) is 8.29. The molecule has 3 heterocycles. The normalized spacial score (nSPS) is 26.5. The van der Waals surface area contributed by atoms with E-state index in [4.69, 9.17) is 0 Å². The van der Waals surface area contributed by atoms with Gasteiger partial charge >= 0.3 is 6.18 Å². The van der Waals surface area contributed by atoms with Crippen molar-refractivity contribution in [2.24, 2.45) is 0 Å². The van der Waals surface area contributed by atoms with Gasteiger partial charge in [-0.05, 0) is 43.0 Å². The third kappa shape index (κ3) is 5.96. The van der Waals surface area contributed by atoms with E-state index in [-0.39, 0.29) is 46.5 Å².